The molecule has 0 fully saturated rings. The Hall–Kier alpha value is -1.77. The van der Waals surface area contributed by atoms with Crippen molar-refractivity contribution in [3.8, 4) is 11.5 Å². The van der Waals surface area contributed by atoms with Crippen LogP contribution in [0.25, 0.3) is 0 Å². The molecule has 3 rings (SSSR count). The van der Waals surface area contributed by atoms with Gasteiger partial charge in [0, 0.05) is 24.3 Å². The SMILES string of the molecule is CCCCCCc1cc(OC(C)=O)c2c(c1)OC(C)(C)[C@@H]1CCC(C)=C[C@@H]21. The van der Waals surface area contributed by atoms with Crippen LogP contribution in [0.5, 0.6) is 11.5 Å². The van der Waals surface area contributed by atoms with Crippen LogP contribution >= 0.6 is 0 Å². The second kappa shape index (κ2) is 8.08. The van der Waals surface area contributed by atoms with E-state index in [1.165, 1.54) is 37.3 Å². The summed E-state index contributed by atoms with van der Waals surface area (Å²) in [6, 6.07) is 4.26. The summed E-state index contributed by atoms with van der Waals surface area (Å²) in [6.45, 7) is 10.3. The highest BCUT2D eigenvalue weighted by Crippen LogP contribution is 2.53. The molecule has 1 aromatic rings. The fourth-order valence-corrected chi connectivity index (χ4v) is 4.70. The number of hydrogen-bond donors (Lipinski definition) is 0. The first-order valence-corrected chi connectivity index (χ1v) is 10.5. The summed E-state index contributed by atoms with van der Waals surface area (Å²) in [5.41, 5.74) is 3.46. The number of rotatable bonds is 6. The second-order valence-electron chi connectivity index (χ2n) is 8.80. The van der Waals surface area contributed by atoms with Gasteiger partial charge in [0.25, 0.3) is 0 Å². The molecule has 2 aliphatic rings. The van der Waals surface area contributed by atoms with Gasteiger partial charge < -0.3 is 9.47 Å². The standard InChI is InChI=1S/C24H34O3/c1-6-7-8-9-10-18-14-21(26-17(3)25)23-19-13-16(2)11-12-20(19)24(4,5)27-22(23)15-18/h13-15,19-20H,6-12H2,1-5H3/t19-,20-/m1/s1. The van der Waals surface area contributed by atoms with Gasteiger partial charge in [-0.05, 0) is 64.2 Å². The second-order valence-corrected chi connectivity index (χ2v) is 8.80. The Bertz CT molecular complexity index is 729. The molecule has 27 heavy (non-hydrogen) atoms. The quantitative estimate of drug-likeness (QED) is 0.253. The number of carbonyl (C=O) groups is 1. The fraction of sp³-hybridized carbons (Fsp3) is 0.625. The van der Waals surface area contributed by atoms with Gasteiger partial charge in [-0.15, -0.1) is 0 Å². The molecule has 0 N–H and O–H groups in total. The third-order valence-electron chi connectivity index (χ3n) is 6.08. The van der Waals surface area contributed by atoms with Crippen LogP contribution in [-0.2, 0) is 11.2 Å². The number of ether oxygens (including phenoxy) is 2. The maximum absolute atomic E-state index is 11.8. The molecule has 3 nitrogen and oxygen atoms in total. The van der Waals surface area contributed by atoms with Crippen LogP contribution in [0.1, 0.15) is 90.2 Å². The number of esters is 1. The molecule has 2 atom stereocenters. The monoisotopic (exact) mass is 370 g/mol. The molecule has 1 heterocycles. The fourth-order valence-electron chi connectivity index (χ4n) is 4.70. The van der Waals surface area contributed by atoms with Gasteiger partial charge in [0.2, 0.25) is 0 Å². The van der Waals surface area contributed by atoms with E-state index in [2.05, 4.69) is 45.9 Å². The lowest BCUT2D eigenvalue weighted by atomic mass is 9.68. The number of carbonyl (C=O) groups excluding carboxylic acids is 1. The van der Waals surface area contributed by atoms with Crippen molar-refractivity contribution in [3.05, 3.63) is 34.9 Å². The third kappa shape index (κ3) is 4.39. The van der Waals surface area contributed by atoms with E-state index in [1.807, 2.05) is 0 Å². The maximum atomic E-state index is 11.8. The topological polar surface area (TPSA) is 35.5 Å². The van der Waals surface area contributed by atoms with Gasteiger partial charge >= 0.3 is 5.97 Å². The average molecular weight is 371 g/mol. The van der Waals surface area contributed by atoms with Gasteiger partial charge in [-0.1, -0.05) is 37.8 Å². The van der Waals surface area contributed by atoms with Crippen molar-refractivity contribution in [2.24, 2.45) is 5.92 Å². The minimum atomic E-state index is -0.266. The molecule has 3 heteroatoms. The van der Waals surface area contributed by atoms with Gasteiger partial charge in [0.05, 0.1) is 0 Å². The van der Waals surface area contributed by atoms with Crippen LogP contribution in [-0.4, -0.2) is 11.6 Å². The highest BCUT2D eigenvalue weighted by atomic mass is 16.5. The van der Waals surface area contributed by atoms with E-state index in [1.54, 1.807) is 0 Å². The first kappa shape index (κ1) is 20.0. The highest BCUT2D eigenvalue weighted by Gasteiger charge is 2.45. The molecule has 0 saturated heterocycles. The van der Waals surface area contributed by atoms with Crippen molar-refractivity contribution in [1.82, 2.24) is 0 Å². The van der Waals surface area contributed by atoms with Crippen molar-refractivity contribution in [1.29, 1.82) is 0 Å². The summed E-state index contributed by atoms with van der Waals surface area (Å²) in [5.74, 6) is 1.98. The molecule has 0 bridgehead atoms. The maximum Gasteiger partial charge on any atom is 0.308 e. The minimum absolute atomic E-state index is 0.219. The van der Waals surface area contributed by atoms with Crippen molar-refractivity contribution in [3.63, 3.8) is 0 Å². The zero-order chi connectivity index (χ0) is 19.6. The van der Waals surface area contributed by atoms with E-state index < -0.39 is 0 Å². The van der Waals surface area contributed by atoms with Crippen molar-refractivity contribution in [2.75, 3.05) is 0 Å². The van der Waals surface area contributed by atoms with E-state index >= 15 is 0 Å². The van der Waals surface area contributed by atoms with E-state index in [0.717, 1.165) is 37.0 Å². The Kier molecular flexibility index (Phi) is 5.98. The average Bonchev–Trinajstić information content (AvgIpc) is 2.57. The number of unbranched alkanes of at least 4 members (excludes halogenated alkanes) is 3. The zero-order valence-electron chi connectivity index (χ0n) is 17.6. The molecule has 1 aromatic carbocycles. The van der Waals surface area contributed by atoms with Crippen LogP contribution in [0.4, 0.5) is 0 Å². The molecule has 0 spiro atoms. The summed E-state index contributed by atoms with van der Waals surface area (Å²) in [4.78, 5) is 11.8. The summed E-state index contributed by atoms with van der Waals surface area (Å²) in [7, 11) is 0. The lowest BCUT2D eigenvalue weighted by Gasteiger charge is -2.46. The Labute approximate surface area is 164 Å². The van der Waals surface area contributed by atoms with E-state index in [4.69, 9.17) is 9.47 Å². The normalized spacial score (nSPS) is 22.9. The summed E-state index contributed by atoms with van der Waals surface area (Å²) < 4.78 is 12.2. The molecule has 148 valence electrons. The molecule has 0 saturated carbocycles. The van der Waals surface area contributed by atoms with Crippen molar-refractivity contribution >= 4 is 5.97 Å². The van der Waals surface area contributed by atoms with Crippen LogP contribution < -0.4 is 9.47 Å². The van der Waals surface area contributed by atoms with Gasteiger partial charge in [0.15, 0.2) is 0 Å². The van der Waals surface area contributed by atoms with E-state index in [9.17, 15) is 4.79 Å². The molecule has 0 amide bonds. The Morgan fingerprint density at radius 2 is 2.04 bits per heavy atom. The number of hydrogen-bond acceptors (Lipinski definition) is 3. The van der Waals surface area contributed by atoms with Crippen LogP contribution in [0.15, 0.2) is 23.8 Å². The Balaban J connectivity index is 2.01. The zero-order valence-corrected chi connectivity index (χ0v) is 17.6. The van der Waals surface area contributed by atoms with Crippen molar-refractivity contribution in [2.45, 2.75) is 91.1 Å². The van der Waals surface area contributed by atoms with Crippen LogP contribution in [0, 0.1) is 5.92 Å². The molecule has 1 aliphatic heterocycles. The van der Waals surface area contributed by atoms with Gasteiger partial charge in [-0.3, -0.25) is 4.79 Å². The summed E-state index contributed by atoms with van der Waals surface area (Å²) in [6.07, 6.45) is 10.5. The van der Waals surface area contributed by atoms with E-state index in [-0.39, 0.29) is 17.5 Å². The molecule has 0 aromatic heterocycles. The molecule has 0 radical (unpaired) electrons. The minimum Gasteiger partial charge on any atom is -0.487 e. The van der Waals surface area contributed by atoms with Crippen molar-refractivity contribution < 1.29 is 14.3 Å². The molecular weight excluding hydrogens is 336 g/mol. The number of benzene rings is 1. The number of fused-ring (bicyclic) bond motifs is 3. The molecule has 0 unspecified atom stereocenters. The van der Waals surface area contributed by atoms with Gasteiger partial charge in [-0.25, -0.2) is 0 Å². The number of aryl methyl sites for hydroxylation is 1. The van der Waals surface area contributed by atoms with Gasteiger partial charge in [0.1, 0.15) is 17.1 Å². The lowest BCUT2D eigenvalue weighted by Crippen LogP contribution is -2.45. The van der Waals surface area contributed by atoms with Crippen LogP contribution in [0.3, 0.4) is 0 Å². The first-order valence-electron chi connectivity index (χ1n) is 10.5. The Morgan fingerprint density at radius 1 is 1.26 bits per heavy atom. The third-order valence-corrected chi connectivity index (χ3v) is 6.08. The van der Waals surface area contributed by atoms with E-state index in [0.29, 0.717) is 11.7 Å². The largest absolute Gasteiger partial charge is 0.487 e. The number of allylic oxidation sites excluding steroid dienone is 2. The summed E-state index contributed by atoms with van der Waals surface area (Å²) >= 11 is 0. The molecular formula is C24H34O3. The lowest BCUT2D eigenvalue weighted by molar-refractivity contribution is -0.132. The molecule has 1 aliphatic carbocycles. The smallest absolute Gasteiger partial charge is 0.308 e. The first-order chi connectivity index (χ1) is 12.8. The van der Waals surface area contributed by atoms with Crippen LogP contribution in [0.2, 0.25) is 0 Å². The predicted octanol–water partition coefficient (Wildman–Crippen LogP) is 6.35. The Morgan fingerprint density at radius 3 is 2.74 bits per heavy atom. The summed E-state index contributed by atoms with van der Waals surface area (Å²) in [5, 5.41) is 0. The van der Waals surface area contributed by atoms with Gasteiger partial charge in [-0.2, -0.15) is 0 Å². The highest BCUT2D eigenvalue weighted by molar-refractivity contribution is 5.71. The predicted molar refractivity (Wildman–Crippen MR) is 110 cm³/mol.